The highest BCUT2D eigenvalue weighted by atomic mass is 32.1. The molecule has 3 heterocycles. The molecule has 1 fully saturated rings. The fourth-order valence-corrected chi connectivity index (χ4v) is 3.71. The van der Waals surface area contributed by atoms with Crippen LogP contribution in [0.3, 0.4) is 0 Å². The van der Waals surface area contributed by atoms with Crippen LogP contribution in [-0.2, 0) is 16.6 Å². The molecule has 6 nitrogen and oxygen atoms in total. The lowest BCUT2D eigenvalue weighted by molar-refractivity contribution is -0.132. The van der Waals surface area contributed by atoms with Gasteiger partial charge in [-0.2, -0.15) is 5.10 Å². The molecule has 0 bridgehead atoms. The molecule has 1 atom stereocenters. The fourth-order valence-electron chi connectivity index (χ4n) is 2.80. The molecule has 1 aliphatic rings. The molecule has 2 aromatic rings. The zero-order valence-electron chi connectivity index (χ0n) is 13.9. The van der Waals surface area contributed by atoms with Crippen molar-refractivity contribution < 1.29 is 4.79 Å². The van der Waals surface area contributed by atoms with E-state index in [-0.39, 0.29) is 17.4 Å². The predicted octanol–water partition coefficient (Wildman–Crippen LogP) is 2.44. The van der Waals surface area contributed by atoms with Crippen LogP contribution in [0.4, 0.5) is 0 Å². The van der Waals surface area contributed by atoms with Gasteiger partial charge in [-0.25, -0.2) is 14.6 Å². The lowest BCUT2D eigenvalue weighted by atomic mass is 9.98. The van der Waals surface area contributed by atoms with E-state index >= 15 is 0 Å². The maximum atomic E-state index is 12.6. The van der Waals surface area contributed by atoms with Crippen LogP contribution in [0.15, 0.2) is 18.0 Å². The first-order chi connectivity index (χ1) is 10.9. The van der Waals surface area contributed by atoms with Crippen molar-refractivity contribution in [2.75, 3.05) is 13.1 Å². The molecule has 23 heavy (non-hydrogen) atoms. The number of amides is 1. The van der Waals surface area contributed by atoms with E-state index in [9.17, 15) is 4.79 Å². The van der Waals surface area contributed by atoms with Crippen molar-refractivity contribution in [3.63, 3.8) is 0 Å². The summed E-state index contributed by atoms with van der Waals surface area (Å²) >= 11 is 1.64. The zero-order valence-corrected chi connectivity index (χ0v) is 14.7. The topological polar surface area (TPSA) is 63.9 Å². The summed E-state index contributed by atoms with van der Waals surface area (Å²) in [7, 11) is 0. The number of rotatable bonds is 3. The molecule has 1 amide bonds. The Morgan fingerprint density at radius 1 is 1.43 bits per heavy atom. The number of likely N-dealkylation sites (tertiary alicyclic amines) is 1. The monoisotopic (exact) mass is 333 g/mol. The van der Waals surface area contributed by atoms with Crippen LogP contribution in [0.5, 0.6) is 0 Å². The van der Waals surface area contributed by atoms with E-state index in [4.69, 9.17) is 0 Å². The summed E-state index contributed by atoms with van der Waals surface area (Å²) in [4.78, 5) is 23.2. The molecule has 0 spiro atoms. The van der Waals surface area contributed by atoms with Gasteiger partial charge in [0, 0.05) is 23.9 Å². The summed E-state index contributed by atoms with van der Waals surface area (Å²) < 4.78 is 1.86. The average molecular weight is 333 g/mol. The second-order valence-corrected chi connectivity index (χ2v) is 7.94. The Balaban J connectivity index is 1.63. The van der Waals surface area contributed by atoms with Gasteiger partial charge in [0.1, 0.15) is 12.7 Å². The molecular formula is C16H23N5OS. The van der Waals surface area contributed by atoms with Gasteiger partial charge < -0.3 is 4.90 Å². The lowest BCUT2D eigenvalue weighted by Gasteiger charge is -2.32. The lowest BCUT2D eigenvalue weighted by Crippen LogP contribution is -2.41. The summed E-state index contributed by atoms with van der Waals surface area (Å²) in [6, 6.07) is 0.232. The van der Waals surface area contributed by atoms with Gasteiger partial charge in [-0.05, 0) is 12.8 Å². The maximum absolute atomic E-state index is 12.6. The normalized spacial score (nSPS) is 19.1. The molecule has 0 N–H and O–H groups in total. The fraction of sp³-hybridized carbons (Fsp3) is 0.625. The average Bonchev–Trinajstić information content (AvgIpc) is 3.18. The number of hydrogen-bond acceptors (Lipinski definition) is 5. The number of carbonyl (C=O) groups excluding carboxylic acids is 1. The molecule has 0 radical (unpaired) electrons. The van der Waals surface area contributed by atoms with Crippen molar-refractivity contribution in [2.45, 2.75) is 51.5 Å². The number of hydrogen-bond donors (Lipinski definition) is 0. The Hall–Kier alpha value is -1.76. The van der Waals surface area contributed by atoms with Crippen molar-refractivity contribution in [1.29, 1.82) is 0 Å². The van der Waals surface area contributed by atoms with Crippen LogP contribution in [-0.4, -0.2) is 43.6 Å². The molecule has 0 aliphatic carbocycles. The summed E-state index contributed by atoms with van der Waals surface area (Å²) in [5.41, 5.74) is 0.919. The van der Waals surface area contributed by atoms with Gasteiger partial charge in [-0.3, -0.25) is 4.79 Å². The van der Waals surface area contributed by atoms with Crippen LogP contribution >= 0.6 is 11.3 Å². The first kappa shape index (κ1) is 16.1. The zero-order chi connectivity index (χ0) is 16.4. The summed E-state index contributed by atoms with van der Waals surface area (Å²) in [5, 5.41) is 7.30. The number of aromatic nitrogens is 4. The predicted molar refractivity (Wildman–Crippen MR) is 89.4 cm³/mol. The van der Waals surface area contributed by atoms with Gasteiger partial charge in [0.25, 0.3) is 0 Å². The van der Waals surface area contributed by atoms with Crippen LogP contribution < -0.4 is 0 Å². The molecule has 7 heteroatoms. The number of piperidine rings is 1. The molecule has 0 unspecified atom stereocenters. The smallest absolute Gasteiger partial charge is 0.228 e. The minimum absolute atomic E-state index is 0.0370. The molecule has 2 aromatic heterocycles. The van der Waals surface area contributed by atoms with Crippen LogP contribution in [0, 0.1) is 0 Å². The minimum atomic E-state index is 0.0370. The van der Waals surface area contributed by atoms with E-state index in [1.807, 2.05) is 15.0 Å². The highest BCUT2D eigenvalue weighted by molar-refractivity contribution is 7.09. The largest absolute Gasteiger partial charge is 0.340 e. The quantitative estimate of drug-likeness (QED) is 0.865. The summed E-state index contributed by atoms with van der Waals surface area (Å²) in [5.74, 6) is 0.153. The Kier molecular flexibility index (Phi) is 4.48. The highest BCUT2D eigenvalue weighted by Gasteiger charge is 2.26. The SMILES string of the molecule is CC(C)(C)c1nc(CC(=O)N2CCC[C@@H](n3cncn3)C2)cs1. The second kappa shape index (κ2) is 6.39. The Labute approximate surface area is 140 Å². The number of thiazole rings is 1. The van der Waals surface area contributed by atoms with Crippen molar-refractivity contribution in [1.82, 2.24) is 24.6 Å². The van der Waals surface area contributed by atoms with Gasteiger partial charge in [-0.15, -0.1) is 11.3 Å². The highest BCUT2D eigenvalue weighted by Crippen LogP contribution is 2.26. The van der Waals surface area contributed by atoms with Crippen molar-refractivity contribution in [2.24, 2.45) is 0 Å². The third-order valence-electron chi connectivity index (χ3n) is 4.09. The van der Waals surface area contributed by atoms with Crippen molar-refractivity contribution >= 4 is 17.2 Å². The van der Waals surface area contributed by atoms with Gasteiger partial charge in [0.15, 0.2) is 0 Å². The molecule has 1 aliphatic heterocycles. The van der Waals surface area contributed by atoms with Crippen LogP contribution in [0.25, 0.3) is 0 Å². The summed E-state index contributed by atoms with van der Waals surface area (Å²) in [6.45, 7) is 7.96. The van der Waals surface area contributed by atoms with E-state index in [0.717, 1.165) is 30.1 Å². The van der Waals surface area contributed by atoms with E-state index < -0.39 is 0 Å². The van der Waals surface area contributed by atoms with E-state index in [0.29, 0.717) is 13.0 Å². The van der Waals surface area contributed by atoms with E-state index in [1.54, 1.807) is 24.0 Å². The molecule has 124 valence electrons. The molecule has 3 rings (SSSR count). The maximum Gasteiger partial charge on any atom is 0.228 e. The standard InChI is InChI=1S/C16H23N5OS/c1-16(2,3)15-19-12(9-23-15)7-14(22)20-6-4-5-13(8-20)21-11-17-10-18-21/h9-11,13H,4-8H2,1-3H3/t13-/m1/s1. The van der Waals surface area contributed by atoms with Gasteiger partial charge in [0.2, 0.25) is 5.91 Å². The Morgan fingerprint density at radius 2 is 2.26 bits per heavy atom. The van der Waals surface area contributed by atoms with Gasteiger partial charge in [0.05, 0.1) is 23.2 Å². The van der Waals surface area contributed by atoms with Crippen molar-refractivity contribution in [3.05, 3.63) is 28.7 Å². The van der Waals surface area contributed by atoms with Crippen LogP contribution in [0.1, 0.15) is 50.4 Å². The third kappa shape index (κ3) is 3.77. The minimum Gasteiger partial charge on any atom is -0.340 e. The second-order valence-electron chi connectivity index (χ2n) is 7.08. The first-order valence-corrected chi connectivity index (χ1v) is 8.88. The van der Waals surface area contributed by atoms with Crippen molar-refractivity contribution in [3.8, 4) is 0 Å². The molecule has 0 saturated carbocycles. The molecule has 1 saturated heterocycles. The number of nitrogens with zero attached hydrogens (tertiary/aromatic N) is 5. The Bertz CT molecular complexity index is 658. The molecular weight excluding hydrogens is 310 g/mol. The first-order valence-electron chi connectivity index (χ1n) is 8.00. The van der Waals surface area contributed by atoms with E-state index in [1.165, 1.54) is 0 Å². The van der Waals surface area contributed by atoms with E-state index in [2.05, 4.69) is 35.8 Å². The Morgan fingerprint density at radius 3 is 2.91 bits per heavy atom. The van der Waals surface area contributed by atoms with Gasteiger partial charge in [-0.1, -0.05) is 20.8 Å². The number of carbonyl (C=O) groups is 1. The van der Waals surface area contributed by atoms with Gasteiger partial charge >= 0.3 is 0 Å². The third-order valence-corrected chi connectivity index (χ3v) is 5.40. The summed E-state index contributed by atoms with van der Waals surface area (Å²) in [6.07, 6.45) is 5.70. The van der Waals surface area contributed by atoms with Crippen LogP contribution in [0.2, 0.25) is 0 Å². The molecule has 0 aromatic carbocycles.